The fourth-order valence-corrected chi connectivity index (χ4v) is 2.67. The Morgan fingerprint density at radius 3 is 2.70 bits per heavy atom. The molecule has 0 radical (unpaired) electrons. The molecule has 0 spiro atoms. The molecule has 1 fully saturated rings. The average molecular weight is 273 g/mol. The molecule has 106 valence electrons. The SMILES string of the molecule is CC(Cn1ccnc1)NC(c1ccc(F)cc1)C1CC1. The van der Waals surface area contributed by atoms with Crippen molar-refractivity contribution in [3.05, 3.63) is 54.4 Å². The molecule has 1 N–H and O–H groups in total. The Kier molecular flexibility index (Phi) is 3.83. The average Bonchev–Trinajstić information content (AvgIpc) is 3.16. The third-order valence-corrected chi connectivity index (χ3v) is 3.83. The summed E-state index contributed by atoms with van der Waals surface area (Å²) in [5, 5.41) is 3.68. The molecule has 20 heavy (non-hydrogen) atoms. The summed E-state index contributed by atoms with van der Waals surface area (Å²) < 4.78 is 15.1. The van der Waals surface area contributed by atoms with Crippen LogP contribution in [0.25, 0.3) is 0 Å². The molecule has 0 saturated heterocycles. The predicted molar refractivity (Wildman–Crippen MR) is 76.7 cm³/mol. The van der Waals surface area contributed by atoms with Crippen molar-refractivity contribution < 1.29 is 4.39 Å². The van der Waals surface area contributed by atoms with E-state index in [2.05, 4.69) is 21.8 Å². The van der Waals surface area contributed by atoms with Crippen molar-refractivity contribution in [2.24, 2.45) is 5.92 Å². The molecule has 2 unspecified atom stereocenters. The van der Waals surface area contributed by atoms with Crippen molar-refractivity contribution in [1.29, 1.82) is 0 Å². The van der Waals surface area contributed by atoms with Gasteiger partial charge in [0.25, 0.3) is 0 Å². The minimum absolute atomic E-state index is 0.172. The summed E-state index contributed by atoms with van der Waals surface area (Å²) in [6.45, 7) is 3.07. The van der Waals surface area contributed by atoms with Gasteiger partial charge >= 0.3 is 0 Å². The predicted octanol–water partition coefficient (Wildman–Crippen LogP) is 3.15. The van der Waals surface area contributed by atoms with Gasteiger partial charge in [-0.3, -0.25) is 0 Å². The number of imidazole rings is 1. The summed E-state index contributed by atoms with van der Waals surface area (Å²) in [5.41, 5.74) is 1.19. The highest BCUT2D eigenvalue weighted by Crippen LogP contribution is 2.41. The number of halogens is 1. The Labute approximate surface area is 118 Å². The van der Waals surface area contributed by atoms with Gasteiger partial charge in [0.05, 0.1) is 6.33 Å². The molecule has 3 nitrogen and oxygen atoms in total. The third-order valence-electron chi connectivity index (χ3n) is 3.83. The highest BCUT2D eigenvalue weighted by molar-refractivity contribution is 5.22. The van der Waals surface area contributed by atoms with Gasteiger partial charge < -0.3 is 9.88 Å². The number of nitrogens with zero attached hydrogens (tertiary/aromatic N) is 2. The lowest BCUT2D eigenvalue weighted by Crippen LogP contribution is -2.34. The molecule has 2 aromatic rings. The van der Waals surface area contributed by atoms with E-state index in [1.807, 2.05) is 24.7 Å². The molecule has 0 aliphatic heterocycles. The summed E-state index contributed by atoms with van der Waals surface area (Å²) in [6, 6.07) is 7.57. The molecule has 1 heterocycles. The Morgan fingerprint density at radius 1 is 1.35 bits per heavy atom. The number of aromatic nitrogens is 2. The zero-order chi connectivity index (χ0) is 13.9. The molecular weight excluding hydrogens is 253 g/mol. The van der Waals surface area contributed by atoms with Crippen LogP contribution in [0.5, 0.6) is 0 Å². The van der Waals surface area contributed by atoms with E-state index in [1.165, 1.54) is 18.4 Å². The number of hydrogen-bond donors (Lipinski definition) is 1. The first-order valence-electron chi connectivity index (χ1n) is 7.19. The second-order valence-corrected chi connectivity index (χ2v) is 5.69. The number of hydrogen-bond acceptors (Lipinski definition) is 2. The maximum atomic E-state index is 13.1. The quantitative estimate of drug-likeness (QED) is 0.876. The fourth-order valence-electron chi connectivity index (χ4n) is 2.67. The molecule has 1 aromatic carbocycles. The number of nitrogens with one attached hydrogen (secondary N) is 1. The standard InChI is InChI=1S/C16H20FN3/c1-12(10-20-9-8-18-11-20)19-16(13-2-3-13)14-4-6-15(17)7-5-14/h4-9,11-13,16,19H,2-3,10H2,1H3. The monoisotopic (exact) mass is 273 g/mol. The van der Waals surface area contributed by atoms with Crippen LogP contribution >= 0.6 is 0 Å². The molecule has 1 aromatic heterocycles. The van der Waals surface area contributed by atoms with E-state index in [1.54, 1.807) is 18.3 Å². The summed E-state index contributed by atoms with van der Waals surface area (Å²) >= 11 is 0. The van der Waals surface area contributed by atoms with Gasteiger partial charge in [0.1, 0.15) is 5.82 Å². The lowest BCUT2D eigenvalue weighted by molar-refractivity contribution is 0.386. The molecule has 2 atom stereocenters. The Morgan fingerprint density at radius 2 is 2.10 bits per heavy atom. The lowest BCUT2D eigenvalue weighted by atomic mass is 10.0. The van der Waals surface area contributed by atoms with E-state index in [0.717, 1.165) is 6.54 Å². The minimum atomic E-state index is -0.172. The van der Waals surface area contributed by atoms with Crippen LogP contribution in [0.4, 0.5) is 4.39 Å². The van der Waals surface area contributed by atoms with Gasteiger partial charge in [-0.05, 0) is 43.4 Å². The van der Waals surface area contributed by atoms with Crippen molar-refractivity contribution in [3.8, 4) is 0 Å². The van der Waals surface area contributed by atoms with Crippen LogP contribution in [-0.4, -0.2) is 15.6 Å². The minimum Gasteiger partial charge on any atom is -0.336 e. The van der Waals surface area contributed by atoms with E-state index in [-0.39, 0.29) is 5.82 Å². The lowest BCUT2D eigenvalue weighted by Gasteiger charge is -2.24. The third kappa shape index (κ3) is 3.25. The first-order valence-corrected chi connectivity index (χ1v) is 7.19. The second-order valence-electron chi connectivity index (χ2n) is 5.69. The van der Waals surface area contributed by atoms with E-state index < -0.39 is 0 Å². The highest BCUT2D eigenvalue weighted by Gasteiger charge is 2.32. The molecule has 1 aliphatic carbocycles. The maximum Gasteiger partial charge on any atom is 0.123 e. The summed E-state index contributed by atoms with van der Waals surface area (Å²) in [5.74, 6) is 0.514. The van der Waals surface area contributed by atoms with Crippen molar-refractivity contribution in [3.63, 3.8) is 0 Å². The fraction of sp³-hybridized carbons (Fsp3) is 0.438. The van der Waals surface area contributed by atoms with Gasteiger partial charge in [0.2, 0.25) is 0 Å². The highest BCUT2D eigenvalue weighted by atomic mass is 19.1. The van der Waals surface area contributed by atoms with Crippen LogP contribution < -0.4 is 5.32 Å². The Bertz CT molecular complexity index is 531. The van der Waals surface area contributed by atoms with Crippen LogP contribution in [0, 0.1) is 11.7 Å². The van der Waals surface area contributed by atoms with Crippen molar-refractivity contribution in [2.75, 3.05) is 0 Å². The van der Waals surface area contributed by atoms with Crippen LogP contribution in [-0.2, 0) is 6.54 Å². The Balaban J connectivity index is 1.66. The maximum absolute atomic E-state index is 13.1. The van der Waals surface area contributed by atoms with E-state index in [4.69, 9.17) is 0 Å². The zero-order valence-electron chi connectivity index (χ0n) is 11.7. The van der Waals surface area contributed by atoms with Gasteiger partial charge in [0.15, 0.2) is 0 Å². The van der Waals surface area contributed by atoms with Crippen LogP contribution in [0.2, 0.25) is 0 Å². The number of rotatable bonds is 6. The molecule has 1 aliphatic rings. The first kappa shape index (κ1) is 13.3. The smallest absolute Gasteiger partial charge is 0.123 e. The second kappa shape index (κ2) is 5.75. The summed E-state index contributed by atoms with van der Waals surface area (Å²) in [7, 11) is 0. The molecule has 0 bridgehead atoms. The van der Waals surface area contributed by atoms with E-state index >= 15 is 0 Å². The topological polar surface area (TPSA) is 29.9 Å². The molecule has 3 rings (SSSR count). The van der Waals surface area contributed by atoms with Crippen LogP contribution in [0.3, 0.4) is 0 Å². The van der Waals surface area contributed by atoms with Crippen LogP contribution in [0.15, 0.2) is 43.0 Å². The zero-order valence-corrected chi connectivity index (χ0v) is 11.7. The van der Waals surface area contributed by atoms with Crippen molar-refractivity contribution in [1.82, 2.24) is 14.9 Å². The van der Waals surface area contributed by atoms with E-state index in [0.29, 0.717) is 18.0 Å². The molecular formula is C16H20FN3. The number of benzene rings is 1. The summed E-state index contributed by atoms with van der Waals surface area (Å²) in [4.78, 5) is 4.06. The van der Waals surface area contributed by atoms with Gasteiger partial charge in [-0.1, -0.05) is 12.1 Å². The molecule has 4 heteroatoms. The van der Waals surface area contributed by atoms with Gasteiger partial charge in [-0.2, -0.15) is 0 Å². The van der Waals surface area contributed by atoms with E-state index in [9.17, 15) is 4.39 Å². The Hall–Kier alpha value is -1.68. The first-order chi connectivity index (χ1) is 9.72. The largest absolute Gasteiger partial charge is 0.336 e. The molecule has 0 amide bonds. The van der Waals surface area contributed by atoms with Gasteiger partial charge in [-0.25, -0.2) is 9.37 Å². The van der Waals surface area contributed by atoms with Crippen molar-refractivity contribution in [2.45, 2.75) is 38.4 Å². The molecule has 1 saturated carbocycles. The summed E-state index contributed by atoms with van der Waals surface area (Å²) in [6.07, 6.45) is 8.12. The van der Waals surface area contributed by atoms with Gasteiger partial charge in [0, 0.05) is 31.0 Å². The van der Waals surface area contributed by atoms with Gasteiger partial charge in [-0.15, -0.1) is 0 Å². The van der Waals surface area contributed by atoms with Crippen LogP contribution in [0.1, 0.15) is 31.4 Å². The normalized spacial score (nSPS) is 17.9. The van der Waals surface area contributed by atoms with Crippen molar-refractivity contribution >= 4 is 0 Å².